The molecule has 2 saturated heterocycles. The van der Waals surface area contributed by atoms with Crippen molar-refractivity contribution in [2.24, 2.45) is 0 Å². The largest absolute Gasteiger partial charge is 0.497 e. The minimum atomic E-state index is -0.136. The van der Waals surface area contributed by atoms with Gasteiger partial charge in [-0.25, -0.2) is 0 Å². The summed E-state index contributed by atoms with van der Waals surface area (Å²) in [7, 11) is 1.63. The van der Waals surface area contributed by atoms with Crippen molar-refractivity contribution in [3.8, 4) is 5.75 Å². The third-order valence-corrected chi connectivity index (χ3v) is 6.70. The van der Waals surface area contributed by atoms with Gasteiger partial charge in [-0.1, -0.05) is 35.9 Å². The first-order valence-corrected chi connectivity index (χ1v) is 11.8. The van der Waals surface area contributed by atoms with Crippen molar-refractivity contribution in [2.75, 3.05) is 20.2 Å². The second kappa shape index (κ2) is 11.0. The van der Waals surface area contributed by atoms with Gasteiger partial charge in [0.25, 0.3) is 0 Å². The molecule has 33 heavy (non-hydrogen) atoms. The summed E-state index contributed by atoms with van der Waals surface area (Å²) < 4.78 is 5.16. The molecular formula is C25H31ClN4O3. The molecule has 0 saturated carbocycles. The highest BCUT2D eigenvalue weighted by atomic mass is 35.5. The van der Waals surface area contributed by atoms with Crippen molar-refractivity contribution < 1.29 is 14.3 Å². The molecule has 2 fully saturated rings. The van der Waals surface area contributed by atoms with E-state index in [0.717, 1.165) is 34.9 Å². The maximum Gasteiger partial charge on any atom is 0.237 e. The van der Waals surface area contributed by atoms with Crippen LogP contribution >= 0.6 is 11.6 Å². The summed E-state index contributed by atoms with van der Waals surface area (Å²) >= 11 is 6.08. The number of fused-ring (bicyclic) bond motifs is 1. The first-order valence-electron chi connectivity index (χ1n) is 11.4. The van der Waals surface area contributed by atoms with Gasteiger partial charge in [-0.05, 0) is 48.2 Å². The molecule has 7 nitrogen and oxygen atoms in total. The zero-order valence-electron chi connectivity index (χ0n) is 18.9. The smallest absolute Gasteiger partial charge is 0.237 e. The van der Waals surface area contributed by atoms with E-state index in [2.05, 4.69) is 20.9 Å². The summed E-state index contributed by atoms with van der Waals surface area (Å²) in [5.41, 5.74) is 2.16. The summed E-state index contributed by atoms with van der Waals surface area (Å²) in [4.78, 5) is 27.1. The SMILES string of the molecule is COc1ccc(CNC(=O)CC[C@H]2CNC(=O)[C@H]3C[C@H](NCc4cccc(Cl)c4)CN23)cc1. The second-order valence-corrected chi connectivity index (χ2v) is 9.15. The van der Waals surface area contributed by atoms with Gasteiger partial charge in [0.15, 0.2) is 0 Å². The quantitative estimate of drug-likeness (QED) is 0.524. The Morgan fingerprint density at radius 3 is 2.76 bits per heavy atom. The number of nitrogens with zero attached hydrogens (tertiary/aromatic N) is 1. The minimum absolute atomic E-state index is 0.0223. The molecule has 0 unspecified atom stereocenters. The lowest BCUT2D eigenvalue weighted by molar-refractivity contribution is -0.129. The van der Waals surface area contributed by atoms with Gasteiger partial charge >= 0.3 is 0 Å². The zero-order chi connectivity index (χ0) is 23.2. The van der Waals surface area contributed by atoms with Crippen molar-refractivity contribution in [2.45, 2.75) is 50.5 Å². The number of nitrogens with one attached hydrogen (secondary N) is 3. The number of hydrogen-bond acceptors (Lipinski definition) is 5. The maximum absolute atomic E-state index is 12.4. The molecule has 8 heteroatoms. The average Bonchev–Trinajstić information content (AvgIpc) is 3.27. The molecule has 4 rings (SSSR count). The number of piperazine rings is 1. The molecule has 2 aromatic carbocycles. The Morgan fingerprint density at radius 2 is 2.00 bits per heavy atom. The second-order valence-electron chi connectivity index (χ2n) is 8.72. The van der Waals surface area contributed by atoms with E-state index in [1.807, 2.05) is 48.5 Å². The normalized spacial score (nSPS) is 22.5. The van der Waals surface area contributed by atoms with Crippen LogP contribution in [0.15, 0.2) is 48.5 Å². The van der Waals surface area contributed by atoms with Gasteiger partial charge in [0.05, 0.1) is 13.2 Å². The Bertz CT molecular complexity index is 968. The lowest BCUT2D eigenvalue weighted by atomic mass is 10.0. The summed E-state index contributed by atoms with van der Waals surface area (Å²) in [6.45, 7) is 2.59. The third kappa shape index (κ3) is 6.25. The van der Waals surface area contributed by atoms with Crippen LogP contribution in [0.5, 0.6) is 5.75 Å². The van der Waals surface area contributed by atoms with Crippen LogP contribution in [0.4, 0.5) is 0 Å². The van der Waals surface area contributed by atoms with E-state index in [1.54, 1.807) is 7.11 Å². The number of hydrogen-bond donors (Lipinski definition) is 3. The minimum Gasteiger partial charge on any atom is -0.497 e. The number of carbonyl (C=O) groups excluding carboxylic acids is 2. The van der Waals surface area contributed by atoms with E-state index in [9.17, 15) is 9.59 Å². The molecule has 2 aliphatic heterocycles. The van der Waals surface area contributed by atoms with Gasteiger partial charge in [0, 0.05) is 49.7 Å². The highest BCUT2D eigenvalue weighted by molar-refractivity contribution is 6.30. The van der Waals surface area contributed by atoms with Crippen LogP contribution in [0, 0.1) is 0 Å². The monoisotopic (exact) mass is 470 g/mol. The Morgan fingerprint density at radius 1 is 1.18 bits per heavy atom. The topological polar surface area (TPSA) is 82.7 Å². The molecule has 2 heterocycles. The van der Waals surface area contributed by atoms with Crippen molar-refractivity contribution >= 4 is 23.4 Å². The Labute approximate surface area is 199 Å². The highest BCUT2D eigenvalue weighted by Crippen LogP contribution is 2.26. The maximum atomic E-state index is 12.4. The van der Waals surface area contributed by atoms with E-state index < -0.39 is 0 Å². The molecule has 0 bridgehead atoms. The van der Waals surface area contributed by atoms with Crippen LogP contribution in [0.25, 0.3) is 0 Å². The molecule has 176 valence electrons. The van der Waals surface area contributed by atoms with Crippen LogP contribution in [0.1, 0.15) is 30.4 Å². The van der Waals surface area contributed by atoms with Crippen LogP contribution < -0.4 is 20.7 Å². The van der Waals surface area contributed by atoms with Crippen LogP contribution in [-0.2, 0) is 22.7 Å². The number of methoxy groups -OCH3 is 1. The van der Waals surface area contributed by atoms with Crippen molar-refractivity contribution in [3.63, 3.8) is 0 Å². The summed E-state index contributed by atoms with van der Waals surface area (Å²) in [5.74, 6) is 0.904. The van der Waals surface area contributed by atoms with Gasteiger partial charge in [0.1, 0.15) is 5.75 Å². The first-order chi connectivity index (χ1) is 16.0. The summed E-state index contributed by atoms with van der Waals surface area (Å²) in [6, 6.07) is 15.7. The third-order valence-electron chi connectivity index (χ3n) is 6.46. The molecular weight excluding hydrogens is 440 g/mol. The van der Waals surface area contributed by atoms with Gasteiger partial charge in [0.2, 0.25) is 11.8 Å². The Hall–Kier alpha value is -2.61. The molecule has 3 atom stereocenters. The molecule has 0 radical (unpaired) electrons. The fraction of sp³-hybridized carbons (Fsp3) is 0.440. The highest BCUT2D eigenvalue weighted by Gasteiger charge is 2.43. The molecule has 0 aromatic heterocycles. The van der Waals surface area contributed by atoms with Crippen LogP contribution in [0.2, 0.25) is 5.02 Å². The summed E-state index contributed by atoms with van der Waals surface area (Å²) in [5, 5.41) is 10.3. The predicted molar refractivity (Wildman–Crippen MR) is 128 cm³/mol. The predicted octanol–water partition coefficient (Wildman–Crippen LogP) is 2.48. The molecule has 2 amide bonds. The van der Waals surface area contributed by atoms with Crippen LogP contribution in [-0.4, -0.2) is 55.0 Å². The standard InChI is InChI=1S/C25H31ClN4O3/c1-33-22-8-5-17(6-9-22)13-28-24(31)10-7-21-15-29-25(32)23-12-20(16-30(21)23)27-14-18-3-2-4-19(26)11-18/h2-6,8-9,11,20-21,23,27H,7,10,12-16H2,1H3,(H,28,31)(H,29,32)/t20-,21-,23+/m0/s1. The van der Waals surface area contributed by atoms with Crippen molar-refractivity contribution in [1.82, 2.24) is 20.9 Å². The number of rotatable bonds is 9. The average molecular weight is 471 g/mol. The fourth-order valence-corrected chi connectivity index (χ4v) is 4.84. The Balaban J connectivity index is 1.24. The van der Waals surface area contributed by atoms with E-state index in [4.69, 9.17) is 16.3 Å². The molecule has 2 aliphatic rings. The molecule has 0 spiro atoms. The number of ether oxygens (including phenoxy) is 1. The van der Waals surface area contributed by atoms with E-state index in [0.29, 0.717) is 32.5 Å². The van der Waals surface area contributed by atoms with Crippen LogP contribution in [0.3, 0.4) is 0 Å². The number of amides is 2. The van der Waals surface area contributed by atoms with E-state index in [-0.39, 0.29) is 29.9 Å². The fourth-order valence-electron chi connectivity index (χ4n) is 4.63. The van der Waals surface area contributed by atoms with Gasteiger partial charge < -0.3 is 20.7 Å². The number of halogens is 1. The number of benzene rings is 2. The van der Waals surface area contributed by atoms with E-state index in [1.165, 1.54) is 0 Å². The first kappa shape index (κ1) is 23.5. The number of carbonyl (C=O) groups is 2. The van der Waals surface area contributed by atoms with Crippen molar-refractivity contribution in [1.29, 1.82) is 0 Å². The molecule has 3 N–H and O–H groups in total. The van der Waals surface area contributed by atoms with E-state index >= 15 is 0 Å². The van der Waals surface area contributed by atoms with Gasteiger partial charge in [-0.3, -0.25) is 14.5 Å². The molecule has 2 aromatic rings. The lowest BCUT2D eigenvalue weighted by Crippen LogP contribution is -2.58. The Kier molecular flexibility index (Phi) is 7.85. The summed E-state index contributed by atoms with van der Waals surface area (Å²) in [6.07, 6.45) is 1.92. The van der Waals surface area contributed by atoms with Gasteiger partial charge in [-0.2, -0.15) is 0 Å². The van der Waals surface area contributed by atoms with Crippen molar-refractivity contribution in [3.05, 3.63) is 64.7 Å². The molecule has 0 aliphatic carbocycles. The lowest BCUT2D eigenvalue weighted by Gasteiger charge is -2.37. The van der Waals surface area contributed by atoms with Gasteiger partial charge in [-0.15, -0.1) is 0 Å². The zero-order valence-corrected chi connectivity index (χ0v) is 19.6.